The molecule has 1 aliphatic heterocycles. The average molecular weight is 317 g/mol. The molecule has 0 aromatic heterocycles. The second-order valence-corrected chi connectivity index (χ2v) is 7.19. The Balaban J connectivity index is 2.08. The van der Waals surface area contributed by atoms with E-state index in [0.717, 1.165) is 13.1 Å². The Morgan fingerprint density at radius 3 is 2.39 bits per heavy atom. The van der Waals surface area contributed by atoms with Crippen molar-refractivity contribution in [1.29, 1.82) is 0 Å². The molecular weight excluding hydrogens is 290 g/mol. The van der Waals surface area contributed by atoms with Crippen LogP contribution in [0.5, 0.6) is 0 Å². The van der Waals surface area contributed by atoms with Crippen molar-refractivity contribution in [2.45, 2.75) is 45.8 Å². The quantitative estimate of drug-likeness (QED) is 0.922. The second-order valence-electron chi connectivity index (χ2n) is 7.19. The first-order valence-electron chi connectivity index (χ1n) is 8.12. The van der Waals surface area contributed by atoms with Crippen molar-refractivity contribution in [3.63, 3.8) is 0 Å². The maximum absolute atomic E-state index is 12.6. The Morgan fingerprint density at radius 2 is 1.83 bits per heavy atom. The normalized spacial score (nSPS) is 19.5. The number of carbonyl (C=O) groups excluding carboxylic acids is 2. The molecule has 2 amide bonds. The van der Waals surface area contributed by atoms with Crippen molar-refractivity contribution in [1.82, 2.24) is 15.1 Å². The Morgan fingerprint density at radius 1 is 1.17 bits per heavy atom. The molecule has 0 aliphatic carbocycles. The number of hydrogen-bond acceptors (Lipinski definition) is 3. The maximum Gasteiger partial charge on any atom is 0.244 e. The van der Waals surface area contributed by atoms with E-state index in [2.05, 4.69) is 22.3 Å². The summed E-state index contributed by atoms with van der Waals surface area (Å²) in [6.07, 6.45) is 0. The number of amides is 2. The topological polar surface area (TPSA) is 52.7 Å². The predicted octanol–water partition coefficient (Wildman–Crippen LogP) is 1.63. The maximum atomic E-state index is 12.6. The number of piperazine rings is 1. The lowest BCUT2D eigenvalue weighted by Crippen LogP contribution is -2.61. The highest BCUT2D eigenvalue weighted by Crippen LogP contribution is 2.15. The average Bonchev–Trinajstić information content (AvgIpc) is 2.46. The molecular formula is C18H27N3O2. The molecule has 1 aliphatic rings. The number of nitrogens with one attached hydrogen (secondary N) is 1. The summed E-state index contributed by atoms with van der Waals surface area (Å²) in [5.41, 5.74) is 0.917. The first-order chi connectivity index (χ1) is 10.8. The summed E-state index contributed by atoms with van der Waals surface area (Å²) in [4.78, 5) is 28.4. The number of carbonyl (C=O) groups is 2. The Bertz CT molecular complexity index is 551. The highest BCUT2D eigenvalue weighted by molar-refractivity contribution is 5.87. The third-order valence-electron chi connectivity index (χ3n) is 3.92. The molecule has 1 heterocycles. The van der Waals surface area contributed by atoms with E-state index in [0.29, 0.717) is 13.1 Å². The van der Waals surface area contributed by atoms with Crippen LogP contribution in [-0.4, -0.2) is 52.8 Å². The lowest BCUT2D eigenvalue weighted by molar-refractivity contribution is -0.143. The van der Waals surface area contributed by atoms with Gasteiger partial charge in [0.05, 0.1) is 0 Å². The molecule has 1 N–H and O–H groups in total. The molecule has 5 heteroatoms. The van der Waals surface area contributed by atoms with Crippen LogP contribution in [0.25, 0.3) is 0 Å². The van der Waals surface area contributed by atoms with Crippen molar-refractivity contribution in [2.75, 3.05) is 19.6 Å². The van der Waals surface area contributed by atoms with Crippen molar-refractivity contribution < 1.29 is 9.59 Å². The van der Waals surface area contributed by atoms with E-state index in [4.69, 9.17) is 0 Å². The first-order valence-corrected chi connectivity index (χ1v) is 8.12. The molecule has 126 valence electrons. The molecule has 1 atom stereocenters. The lowest BCUT2D eigenvalue weighted by atomic mass is 10.1. The van der Waals surface area contributed by atoms with Crippen LogP contribution in [0.4, 0.5) is 0 Å². The van der Waals surface area contributed by atoms with Gasteiger partial charge in [0.1, 0.15) is 6.04 Å². The van der Waals surface area contributed by atoms with E-state index in [1.165, 1.54) is 12.5 Å². The van der Waals surface area contributed by atoms with Crippen LogP contribution in [0.2, 0.25) is 0 Å². The van der Waals surface area contributed by atoms with Gasteiger partial charge in [-0.3, -0.25) is 14.5 Å². The van der Waals surface area contributed by atoms with E-state index in [9.17, 15) is 9.59 Å². The van der Waals surface area contributed by atoms with Gasteiger partial charge < -0.3 is 10.2 Å². The van der Waals surface area contributed by atoms with E-state index in [1.54, 1.807) is 4.90 Å². The van der Waals surface area contributed by atoms with E-state index < -0.39 is 6.04 Å². The fourth-order valence-electron chi connectivity index (χ4n) is 2.88. The summed E-state index contributed by atoms with van der Waals surface area (Å²) in [5, 5.41) is 3.00. The van der Waals surface area contributed by atoms with Gasteiger partial charge in [-0.1, -0.05) is 30.3 Å². The summed E-state index contributed by atoms with van der Waals surface area (Å²) >= 11 is 0. The number of rotatable bonds is 3. The van der Waals surface area contributed by atoms with Crippen LogP contribution in [0, 0.1) is 0 Å². The van der Waals surface area contributed by atoms with Gasteiger partial charge >= 0.3 is 0 Å². The minimum absolute atomic E-state index is 0.0431. The summed E-state index contributed by atoms with van der Waals surface area (Å²) in [5.74, 6) is -0.121. The smallest absolute Gasteiger partial charge is 0.244 e. The minimum atomic E-state index is -0.427. The molecule has 0 spiro atoms. The van der Waals surface area contributed by atoms with Gasteiger partial charge in [-0.2, -0.15) is 0 Å². The molecule has 23 heavy (non-hydrogen) atoms. The van der Waals surface area contributed by atoms with Gasteiger partial charge in [-0.25, -0.2) is 0 Å². The van der Waals surface area contributed by atoms with Crippen molar-refractivity contribution >= 4 is 11.8 Å². The fourth-order valence-corrected chi connectivity index (χ4v) is 2.88. The second kappa shape index (κ2) is 7.13. The molecule has 0 saturated carbocycles. The summed E-state index contributed by atoms with van der Waals surface area (Å²) < 4.78 is 0. The minimum Gasteiger partial charge on any atom is -0.350 e. The number of benzene rings is 1. The van der Waals surface area contributed by atoms with Crippen LogP contribution >= 0.6 is 0 Å². The van der Waals surface area contributed by atoms with Gasteiger partial charge in [0, 0.05) is 38.6 Å². The molecule has 0 radical (unpaired) electrons. The van der Waals surface area contributed by atoms with Gasteiger partial charge in [-0.15, -0.1) is 0 Å². The predicted molar refractivity (Wildman–Crippen MR) is 90.8 cm³/mol. The van der Waals surface area contributed by atoms with Gasteiger partial charge in [0.2, 0.25) is 11.8 Å². The van der Waals surface area contributed by atoms with E-state index >= 15 is 0 Å². The summed E-state index contributed by atoms with van der Waals surface area (Å²) in [6, 6.07) is 9.78. The number of nitrogens with zero attached hydrogens (tertiary/aromatic N) is 2. The van der Waals surface area contributed by atoms with Crippen molar-refractivity contribution in [3.05, 3.63) is 35.9 Å². The molecule has 1 fully saturated rings. The van der Waals surface area contributed by atoms with Crippen molar-refractivity contribution in [3.8, 4) is 0 Å². The SMILES string of the molecule is CC(=O)N1CCN(Cc2ccccc2)CC1C(=O)NC(C)(C)C. The summed E-state index contributed by atoms with van der Waals surface area (Å²) in [6.45, 7) is 10.1. The zero-order valence-corrected chi connectivity index (χ0v) is 14.5. The lowest BCUT2D eigenvalue weighted by Gasteiger charge is -2.41. The van der Waals surface area contributed by atoms with E-state index in [1.807, 2.05) is 39.0 Å². The van der Waals surface area contributed by atoms with Crippen LogP contribution in [0.3, 0.4) is 0 Å². The molecule has 1 aromatic rings. The standard InChI is InChI=1S/C18H27N3O2/c1-14(22)21-11-10-20(12-15-8-6-5-7-9-15)13-16(21)17(23)19-18(2,3)4/h5-9,16H,10-13H2,1-4H3,(H,19,23). The highest BCUT2D eigenvalue weighted by atomic mass is 16.2. The molecule has 0 bridgehead atoms. The zero-order chi connectivity index (χ0) is 17.0. The first kappa shape index (κ1) is 17.5. The highest BCUT2D eigenvalue weighted by Gasteiger charge is 2.35. The molecule has 2 rings (SSSR count). The number of hydrogen-bond donors (Lipinski definition) is 1. The van der Waals surface area contributed by atoms with Crippen LogP contribution < -0.4 is 5.32 Å². The summed E-state index contributed by atoms with van der Waals surface area (Å²) in [7, 11) is 0. The Labute approximate surface area is 138 Å². The van der Waals surface area contributed by atoms with E-state index in [-0.39, 0.29) is 17.4 Å². The van der Waals surface area contributed by atoms with Gasteiger partial charge in [0.25, 0.3) is 0 Å². The molecule has 5 nitrogen and oxygen atoms in total. The third kappa shape index (κ3) is 5.06. The molecule has 1 aromatic carbocycles. The molecule has 1 unspecified atom stereocenters. The molecule has 1 saturated heterocycles. The fraction of sp³-hybridized carbons (Fsp3) is 0.556. The van der Waals surface area contributed by atoms with Crippen molar-refractivity contribution in [2.24, 2.45) is 0 Å². The third-order valence-corrected chi connectivity index (χ3v) is 3.92. The Kier molecular flexibility index (Phi) is 5.42. The van der Waals surface area contributed by atoms with Crippen LogP contribution in [0.1, 0.15) is 33.3 Å². The van der Waals surface area contributed by atoms with Gasteiger partial charge in [-0.05, 0) is 26.3 Å². The van der Waals surface area contributed by atoms with Crippen LogP contribution in [0.15, 0.2) is 30.3 Å². The Hall–Kier alpha value is -1.88. The van der Waals surface area contributed by atoms with Gasteiger partial charge in [0.15, 0.2) is 0 Å². The monoisotopic (exact) mass is 317 g/mol. The zero-order valence-electron chi connectivity index (χ0n) is 14.5. The van der Waals surface area contributed by atoms with Crippen LogP contribution in [-0.2, 0) is 16.1 Å². The largest absolute Gasteiger partial charge is 0.350 e.